The lowest BCUT2D eigenvalue weighted by molar-refractivity contribution is -0.122. The highest BCUT2D eigenvalue weighted by Crippen LogP contribution is 2.19. The standard InChI is InChI=1S/C13H17N3O2S/c1-4-9(3)15-10(17)5-16-7-14-11-8(2)6-19-12(11)13(16)18/h6-7,9H,4-5H2,1-3H3,(H,15,17). The van der Waals surface area contributed by atoms with Gasteiger partial charge in [0, 0.05) is 6.04 Å². The number of thiophene rings is 1. The maximum atomic E-state index is 12.2. The Morgan fingerprint density at radius 1 is 1.58 bits per heavy atom. The molecule has 2 rings (SSSR count). The average Bonchev–Trinajstić information content (AvgIpc) is 2.75. The monoisotopic (exact) mass is 279 g/mol. The molecule has 0 bridgehead atoms. The minimum Gasteiger partial charge on any atom is -0.352 e. The van der Waals surface area contributed by atoms with E-state index in [-0.39, 0.29) is 24.1 Å². The van der Waals surface area contributed by atoms with Gasteiger partial charge < -0.3 is 5.32 Å². The van der Waals surface area contributed by atoms with Crippen LogP contribution in [0.5, 0.6) is 0 Å². The molecule has 1 unspecified atom stereocenters. The number of amides is 1. The zero-order valence-corrected chi connectivity index (χ0v) is 12.1. The van der Waals surface area contributed by atoms with Gasteiger partial charge in [-0.15, -0.1) is 11.3 Å². The summed E-state index contributed by atoms with van der Waals surface area (Å²) in [5.74, 6) is -0.161. The Labute approximate surface area is 115 Å². The third kappa shape index (κ3) is 2.84. The van der Waals surface area contributed by atoms with E-state index in [0.29, 0.717) is 4.70 Å². The Balaban J connectivity index is 2.24. The van der Waals surface area contributed by atoms with Crippen molar-refractivity contribution in [1.82, 2.24) is 14.9 Å². The summed E-state index contributed by atoms with van der Waals surface area (Å²) in [6, 6.07) is 0.115. The van der Waals surface area contributed by atoms with Crippen molar-refractivity contribution in [3.05, 3.63) is 27.6 Å². The summed E-state index contributed by atoms with van der Waals surface area (Å²) >= 11 is 1.37. The van der Waals surface area contributed by atoms with E-state index in [1.807, 2.05) is 26.2 Å². The van der Waals surface area contributed by atoms with Gasteiger partial charge in [-0.2, -0.15) is 0 Å². The van der Waals surface area contributed by atoms with E-state index in [4.69, 9.17) is 0 Å². The molecular weight excluding hydrogens is 262 g/mol. The van der Waals surface area contributed by atoms with Crippen molar-refractivity contribution in [2.45, 2.75) is 39.8 Å². The van der Waals surface area contributed by atoms with Crippen LogP contribution in [0.2, 0.25) is 0 Å². The van der Waals surface area contributed by atoms with Crippen molar-refractivity contribution < 1.29 is 4.79 Å². The first-order chi connectivity index (χ1) is 9.02. The fourth-order valence-electron chi connectivity index (χ4n) is 1.75. The van der Waals surface area contributed by atoms with Gasteiger partial charge in [0.05, 0.1) is 11.8 Å². The van der Waals surface area contributed by atoms with E-state index in [1.54, 1.807) is 0 Å². The number of aromatic nitrogens is 2. The first-order valence-corrected chi connectivity index (χ1v) is 7.13. The largest absolute Gasteiger partial charge is 0.352 e. The van der Waals surface area contributed by atoms with Crippen molar-refractivity contribution in [1.29, 1.82) is 0 Å². The van der Waals surface area contributed by atoms with Crippen LogP contribution in [-0.4, -0.2) is 21.5 Å². The van der Waals surface area contributed by atoms with Gasteiger partial charge in [0.15, 0.2) is 0 Å². The zero-order valence-electron chi connectivity index (χ0n) is 11.3. The number of nitrogens with zero attached hydrogens (tertiary/aromatic N) is 2. The summed E-state index contributed by atoms with van der Waals surface area (Å²) in [6.07, 6.45) is 2.31. The molecule has 0 fully saturated rings. The van der Waals surface area contributed by atoms with Crippen molar-refractivity contribution in [3.8, 4) is 0 Å². The van der Waals surface area contributed by atoms with Crippen LogP contribution in [0.15, 0.2) is 16.5 Å². The van der Waals surface area contributed by atoms with E-state index in [9.17, 15) is 9.59 Å². The number of rotatable bonds is 4. The molecule has 102 valence electrons. The smallest absolute Gasteiger partial charge is 0.271 e. The minimum atomic E-state index is -0.161. The molecule has 1 N–H and O–H groups in total. The predicted molar refractivity (Wildman–Crippen MR) is 76.5 cm³/mol. The van der Waals surface area contributed by atoms with E-state index >= 15 is 0 Å². The van der Waals surface area contributed by atoms with E-state index in [0.717, 1.165) is 17.5 Å². The lowest BCUT2D eigenvalue weighted by Gasteiger charge is -2.12. The normalized spacial score (nSPS) is 12.6. The predicted octanol–water partition coefficient (Wildman–Crippen LogP) is 1.68. The molecule has 5 nitrogen and oxygen atoms in total. The van der Waals surface area contributed by atoms with E-state index in [1.165, 1.54) is 22.2 Å². The number of nitrogens with one attached hydrogen (secondary N) is 1. The van der Waals surface area contributed by atoms with Crippen LogP contribution >= 0.6 is 11.3 Å². The summed E-state index contributed by atoms with van der Waals surface area (Å²) in [7, 11) is 0. The third-order valence-electron chi connectivity index (χ3n) is 3.06. The molecule has 0 aliphatic rings. The molecule has 1 atom stereocenters. The van der Waals surface area contributed by atoms with Crippen molar-refractivity contribution in [2.75, 3.05) is 0 Å². The van der Waals surface area contributed by atoms with Gasteiger partial charge in [-0.3, -0.25) is 14.2 Å². The number of carbonyl (C=O) groups is 1. The quantitative estimate of drug-likeness (QED) is 0.926. The highest BCUT2D eigenvalue weighted by Gasteiger charge is 2.11. The summed E-state index contributed by atoms with van der Waals surface area (Å²) in [6.45, 7) is 5.87. The third-order valence-corrected chi connectivity index (χ3v) is 4.13. The Kier molecular flexibility index (Phi) is 3.99. The van der Waals surface area contributed by atoms with Crippen LogP contribution in [0.1, 0.15) is 25.8 Å². The Morgan fingerprint density at radius 2 is 2.32 bits per heavy atom. The number of carbonyl (C=O) groups excluding carboxylic acids is 1. The molecule has 2 aromatic rings. The van der Waals surface area contributed by atoms with Crippen LogP contribution in [0.3, 0.4) is 0 Å². The van der Waals surface area contributed by atoms with Crippen LogP contribution < -0.4 is 10.9 Å². The Morgan fingerprint density at radius 3 is 3.00 bits per heavy atom. The Bertz CT molecular complexity index is 659. The molecule has 0 saturated carbocycles. The second-order valence-corrected chi connectivity index (χ2v) is 5.53. The molecule has 0 saturated heterocycles. The molecule has 0 aromatic carbocycles. The molecule has 1 amide bonds. The maximum absolute atomic E-state index is 12.2. The van der Waals surface area contributed by atoms with Gasteiger partial charge in [0.2, 0.25) is 5.91 Å². The lowest BCUT2D eigenvalue weighted by Crippen LogP contribution is -2.37. The van der Waals surface area contributed by atoms with Gasteiger partial charge in [-0.05, 0) is 31.2 Å². The van der Waals surface area contributed by atoms with Crippen LogP contribution in [0.25, 0.3) is 10.2 Å². The summed E-state index contributed by atoms with van der Waals surface area (Å²) in [4.78, 5) is 28.2. The van der Waals surface area contributed by atoms with E-state index < -0.39 is 0 Å². The molecule has 6 heteroatoms. The first kappa shape index (κ1) is 13.7. The molecule has 0 aliphatic carbocycles. The molecule has 0 aliphatic heterocycles. The topological polar surface area (TPSA) is 64.0 Å². The zero-order chi connectivity index (χ0) is 14.0. The highest BCUT2D eigenvalue weighted by atomic mass is 32.1. The first-order valence-electron chi connectivity index (χ1n) is 6.25. The van der Waals surface area contributed by atoms with Crippen LogP contribution in [0.4, 0.5) is 0 Å². The molecule has 19 heavy (non-hydrogen) atoms. The number of hydrogen-bond acceptors (Lipinski definition) is 4. The van der Waals surface area contributed by atoms with Gasteiger partial charge >= 0.3 is 0 Å². The average molecular weight is 279 g/mol. The second-order valence-electron chi connectivity index (χ2n) is 4.65. The van der Waals surface area contributed by atoms with Gasteiger partial charge in [-0.1, -0.05) is 6.92 Å². The summed E-state index contributed by atoms with van der Waals surface area (Å²) in [5.41, 5.74) is 1.57. The van der Waals surface area contributed by atoms with Gasteiger partial charge in [0.25, 0.3) is 5.56 Å². The van der Waals surface area contributed by atoms with Gasteiger partial charge in [0.1, 0.15) is 11.2 Å². The van der Waals surface area contributed by atoms with Crippen molar-refractivity contribution in [2.24, 2.45) is 0 Å². The summed E-state index contributed by atoms with van der Waals surface area (Å²) in [5, 5.41) is 4.74. The minimum absolute atomic E-state index is 0.0169. The van der Waals surface area contributed by atoms with Crippen LogP contribution in [-0.2, 0) is 11.3 Å². The Hall–Kier alpha value is -1.69. The second kappa shape index (κ2) is 5.52. The fraction of sp³-hybridized carbons (Fsp3) is 0.462. The SMILES string of the molecule is CCC(C)NC(=O)Cn1cnc2c(C)csc2c1=O. The number of hydrogen-bond donors (Lipinski definition) is 1. The molecular formula is C13H17N3O2S. The lowest BCUT2D eigenvalue weighted by atomic mass is 10.2. The highest BCUT2D eigenvalue weighted by molar-refractivity contribution is 7.17. The van der Waals surface area contributed by atoms with Crippen LogP contribution in [0, 0.1) is 6.92 Å². The van der Waals surface area contributed by atoms with Crippen molar-refractivity contribution >= 4 is 27.5 Å². The summed E-state index contributed by atoms with van der Waals surface area (Å²) < 4.78 is 1.96. The number of fused-ring (bicyclic) bond motifs is 1. The molecule has 0 radical (unpaired) electrons. The van der Waals surface area contributed by atoms with Gasteiger partial charge in [-0.25, -0.2) is 4.98 Å². The maximum Gasteiger partial charge on any atom is 0.271 e. The molecule has 2 aromatic heterocycles. The number of aryl methyl sites for hydroxylation is 1. The fourth-order valence-corrected chi connectivity index (χ4v) is 2.70. The van der Waals surface area contributed by atoms with Crippen molar-refractivity contribution in [3.63, 3.8) is 0 Å². The molecule has 2 heterocycles. The van der Waals surface area contributed by atoms with E-state index in [2.05, 4.69) is 10.3 Å². The molecule has 0 spiro atoms.